The molecule has 70 heavy (non-hydrogen) atoms. The van der Waals surface area contributed by atoms with Gasteiger partial charge in [-0.25, -0.2) is 0 Å². The number of rotatable bonds is 8. The number of hydrogen-bond acceptors (Lipinski definition) is 2. The van der Waals surface area contributed by atoms with Gasteiger partial charge in [0, 0.05) is 53.7 Å². The number of nitrogens with zero attached hydrogens (tertiary/aromatic N) is 2. The molecular weight excluding hydrogens is 865 g/mol. The monoisotopic (exact) mass is 908 g/mol. The fraction of sp³-hybridized carbons (Fsp3) is 0.0149. The maximum Gasteiger partial charge on any atom is 0.0714 e. The molecule has 0 saturated heterocycles. The molecule has 0 amide bonds. The third-order valence-electron chi connectivity index (χ3n) is 14.7. The van der Waals surface area contributed by atoms with Gasteiger partial charge in [-0.1, -0.05) is 188 Å². The third-order valence-corrected chi connectivity index (χ3v) is 15.8. The lowest BCUT2D eigenvalue weighted by molar-refractivity contribution is 0.768. The molecule has 0 atom stereocenters. The molecule has 11 aromatic carbocycles. The highest BCUT2D eigenvalue weighted by Gasteiger charge is 2.46. The zero-order chi connectivity index (χ0) is 46.2. The highest BCUT2D eigenvalue weighted by molar-refractivity contribution is 7.25. The molecule has 1 aliphatic carbocycles. The maximum absolute atomic E-state index is 2.45. The molecule has 0 saturated carbocycles. The van der Waals surface area contributed by atoms with Gasteiger partial charge < -0.3 is 9.47 Å². The Labute approximate surface area is 411 Å². The van der Waals surface area contributed by atoms with E-state index in [2.05, 4.69) is 276 Å². The van der Waals surface area contributed by atoms with Crippen molar-refractivity contribution in [2.24, 2.45) is 0 Å². The zero-order valence-corrected chi connectivity index (χ0v) is 39.0. The average molecular weight is 909 g/mol. The van der Waals surface area contributed by atoms with Crippen LogP contribution >= 0.6 is 11.3 Å². The number of para-hydroxylation sites is 2. The average Bonchev–Trinajstić information content (AvgIpc) is 4.08. The first-order valence-electron chi connectivity index (χ1n) is 24.1. The molecular formula is C67H44N2S. The van der Waals surface area contributed by atoms with Crippen LogP contribution in [0.15, 0.2) is 267 Å². The molecule has 2 aromatic heterocycles. The van der Waals surface area contributed by atoms with Crippen molar-refractivity contribution >= 4 is 70.4 Å². The smallest absolute Gasteiger partial charge is 0.0714 e. The lowest BCUT2D eigenvalue weighted by Crippen LogP contribution is -2.28. The van der Waals surface area contributed by atoms with Crippen LogP contribution in [0.1, 0.15) is 22.3 Å². The van der Waals surface area contributed by atoms with Crippen molar-refractivity contribution in [1.82, 2.24) is 4.57 Å². The van der Waals surface area contributed by atoms with Crippen LogP contribution in [0.2, 0.25) is 0 Å². The minimum absolute atomic E-state index is 0.490. The molecule has 328 valence electrons. The minimum Gasteiger partial charge on any atom is -0.310 e. The molecule has 3 heteroatoms. The molecule has 0 radical (unpaired) electrons. The topological polar surface area (TPSA) is 8.17 Å². The summed E-state index contributed by atoms with van der Waals surface area (Å²) in [7, 11) is 0. The summed E-state index contributed by atoms with van der Waals surface area (Å²) in [6.45, 7) is 0. The van der Waals surface area contributed by atoms with Gasteiger partial charge in [0.05, 0.1) is 16.4 Å². The molecule has 1 aliphatic rings. The van der Waals surface area contributed by atoms with Crippen LogP contribution < -0.4 is 4.90 Å². The van der Waals surface area contributed by atoms with E-state index in [9.17, 15) is 0 Å². The standard InChI is InChI=1S/C67H44N2S/c1-4-19-49(20-5-1)67(50-21-6-2-7-22-50)61-28-13-10-25-55(61)56-39-36-54(44-62(56)67)68(51-23-8-3-9-24-51)52-34-31-45(32-35-52)46-17-16-18-47(41-46)48-33-38-58-57-26-11-14-29-63(57)69(64(58)42-48)53-37-40-66-60(43-53)59-27-12-15-30-65(59)70-66/h1-44H. The number of hydrogen-bond donors (Lipinski definition) is 0. The molecule has 0 bridgehead atoms. The predicted octanol–water partition coefficient (Wildman–Crippen LogP) is 18.3. The van der Waals surface area contributed by atoms with E-state index >= 15 is 0 Å². The number of fused-ring (bicyclic) bond motifs is 9. The van der Waals surface area contributed by atoms with Gasteiger partial charge in [-0.3, -0.25) is 0 Å². The van der Waals surface area contributed by atoms with Crippen molar-refractivity contribution in [1.29, 1.82) is 0 Å². The van der Waals surface area contributed by atoms with Gasteiger partial charge in [0.15, 0.2) is 0 Å². The maximum atomic E-state index is 2.45. The van der Waals surface area contributed by atoms with Crippen molar-refractivity contribution in [3.05, 3.63) is 289 Å². The van der Waals surface area contributed by atoms with Crippen molar-refractivity contribution in [3.8, 4) is 39.1 Å². The molecule has 0 fully saturated rings. The van der Waals surface area contributed by atoms with Crippen LogP contribution in [0.4, 0.5) is 17.1 Å². The molecule has 13 aromatic rings. The number of anilines is 3. The molecule has 0 N–H and O–H groups in total. The Balaban J connectivity index is 0.855. The normalized spacial score (nSPS) is 12.7. The summed E-state index contributed by atoms with van der Waals surface area (Å²) in [4.78, 5) is 2.40. The largest absolute Gasteiger partial charge is 0.310 e. The summed E-state index contributed by atoms with van der Waals surface area (Å²) in [5, 5.41) is 5.13. The van der Waals surface area contributed by atoms with Gasteiger partial charge in [-0.15, -0.1) is 11.3 Å². The van der Waals surface area contributed by atoms with Gasteiger partial charge in [0.2, 0.25) is 0 Å². The van der Waals surface area contributed by atoms with Crippen molar-refractivity contribution < 1.29 is 0 Å². The highest BCUT2D eigenvalue weighted by Crippen LogP contribution is 2.57. The van der Waals surface area contributed by atoms with Crippen molar-refractivity contribution in [2.75, 3.05) is 4.90 Å². The van der Waals surface area contributed by atoms with Crippen LogP contribution in [0.25, 0.3) is 81.0 Å². The summed E-state index contributed by atoms with van der Waals surface area (Å²) in [5.74, 6) is 0. The molecule has 2 heterocycles. The zero-order valence-electron chi connectivity index (χ0n) is 38.2. The SMILES string of the molecule is c1ccc(N(c2ccc(-c3cccc(-c4ccc5c6ccccc6n(-c6ccc7sc8ccccc8c7c6)c5c4)c3)cc2)c2ccc3c(c2)C(c2ccccc2)(c2ccccc2)c2ccccc2-3)cc1. The molecule has 0 unspecified atom stereocenters. The van der Waals surface area contributed by atoms with Crippen LogP contribution in [0, 0.1) is 0 Å². The van der Waals surface area contributed by atoms with Gasteiger partial charge in [-0.05, 0) is 134 Å². The Morgan fingerprint density at radius 1 is 0.314 bits per heavy atom. The van der Waals surface area contributed by atoms with E-state index in [1.165, 1.54) is 103 Å². The van der Waals surface area contributed by atoms with Crippen LogP contribution in [0.3, 0.4) is 0 Å². The predicted molar refractivity (Wildman–Crippen MR) is 297 cm³/mol. The Bertz CT molecular complexity index is 4070. The Morgan fingerprint density at radius 3 is 1.67 bits per heavy atom. The van der Waals surface area contributed by atoms with Gasteiger partial charge in [0.25, 0.3) is 0 Å². The molecule has 14 rings (SSSR count). The van der Waals surface area contributed by atoms with E-state index in [0.717, 1.165) is 17.1 Å². The fourth-order valence-electron chi connectivity index (χ4n) is 11.6. The second-order valence-corrected chi connectivity index (χ2v) is 19.5. The Morgan fingerprint density at radius 2 is 0.886 bits per heavy atom. The van der Waals surface area contributed by atoms with Gasteiger partial charge in [0.1, 0.15) is 0 Å². The molecule has 2 nitrogen and oxygen atoms in total. The van der Waals surface area contributed by atoms with E-state index in [0.29, 0.717) is 0 Å². The van der Waals surface area contributed by atoms with E-state index in [1.807, 2.05) is 11.3 Å². The first kappa shape index (κ1) is 40.3. The van der Waals surface area contributed by atoms with E-state index in [1.54, 1.807) is 0 Å². The second-order valence-electron chi connectivity index (χ2n) is 18.4. The lowest BCUT2D eigenvalue weighted by atomic mass is 9.67. The van der Waals surface area contributed by atoms with Crippen LogP contribution in [-0.2, 0) is 5.41 Å². The van der Waals surface area contributed by atoms with Crippen molar-refractivity contribution in [3.63, 3.8) is 0 Å². The summed E-state index contributed by atoms with van der Waals surface area (Å²) in [5.41, 5.74) is 18.8. The van der Waals surface area contributed by atoms with E-state index in [-0.39, 0.29) is 0 Å². The quantitative estimate of drug-likeness (QED) is 0.147. The fourth-order valence-corrected chi connectivity index (χ4v) is 12.6. The first-order valence-corrected chi connectivity index (χ1v) is 24.9. The highest BCUT2D eigenvalue weighted by atomic mass is 32.1. The van der Waals surface area contributed by atoms with Crippen LogP contribution in [-0.4, -0.2) is 4.57 Å². The van der Waals surface area contributed by atoms with E-state index < -0.39 is 5.41 Å². The third kappa shape index (κ3) is 6.25. The van der Waals surface area contributed by atoms with E-state index in [4.69, 9.17) is 0 Å². The summed E-state index contributed by atoms with van der Waals surface area (Å²) in [6, 6.07) is 98.5. The first-order chi connectivity index (χ1) is 34.7. The summed E-state index contributed by atoms with van der Waals surface area (Å²) < 4.78 is 5.08. The Hall–Kier alpha value is -8.76. The second kappa shape index (κ2) is 16.2. The lowest BCUT2D eigenvalue weighted by Gasteiger charge is -2.35. The number of aromatic nitrogens is 1. The Kier molecular flexibility index (Phi) is 9.33. The summed E-state index contributed by atoms with van der Waals surface area (Å²) in [6.07, 6.45) is 0. The minimum atomic E-state index is -0.490. The molecule has 0 aliphatic heterocycles. The summed E-state index contributed by atoms with van der Waals surface area (Å²) >= 11 is 1.86. The molecule has 0 spiro atoms. The van der Waals surface area contributed by atoms with Crippen molar-refractivity contribution in [2.45, 2.75) is 5.41 Å². The number of benzene rings is 11. The van der Waals surface area contributed by atoms with Gasteiger partial charge >= 0.3 is 0 Å². The van der Waals surface area contributed by atoms with Gasteiger partial charge in [-0.2, -0.15) is 0 Å². The van der Waals surface area contributed by atoms with Crippen LogP contribution in [0.5, 0.6) is 0 Å². The number of thiophene rings is 1.